The van der Waals surface area contributed by atoms with Crippen LogP contribution in [0.15, 0.2) is 58.7 Å². The molecule has 0 saturated heterocycles. The van der Waals surface area contributed by atoms with Gasteiger partial charge in [0, 0.05) is 26.0 Å². The van der Waals surface area contributed by atoms with E-state index in [1.54, 1.807) is 24.1 Å². The van der Waals surface area contributed by atoms with Gasteiger partial charge in [-0.05, 0) is 70.3 Å². The second-order valence-corrected chi connectivity index (χ2v) is 7.88. The highest BCUT2D eigenvalue weighted by molar-refractivity contribution is 5.88. The van der Waals surface area contributed by atoms with Gasteiger partial charge in [-0.2, -0.15) is 0 Å². The lowest BCUT2D eigenvalue weighted by Crippen LogP contribution is -2.31. The highest BCUT2D eigenvalue weighted by Crippen LogP contribution is 2.40. The summed E-state index contributed by atoms with van der Waals surface area (Å²) in [5.41, 5.74) is 1.79. The molecule has 144 valence electrons. The van der Waals surface area contributed by atoms with Crippen LogP contribution in [0.25, 0.3) is 0 Å². The van der Waals surface area contributed by atoms with E-state index >= 15 is 0 Å². The summed E-state index contributed by atoms with van der Waals surface area (Å²) in [6, 6.07) is 0.136. The first kappa shape index (κ1) is 15.2. The lowest BCUT2D eigenvalue weighted by atomic mass is 9.72. The van der Waals surface area contributed by atoms with E-state index in [9.17, 15) is 4.79 Å². The maximum atomic E-state index is 12.1. The van der Waals surface area contributed by atoms with Crippen molar-refractivity contribution in [3.8, 4) is 0 Å². The fourth-order valence-electron chi connectivity index (χ4n) is 2.60. The molecule has 0 aromatic rings. The Morgan fingerprint density at radius 3 is 2.58 bits per heavy atom. The minimum Gasteiger partial charge on any atom is -0.340 e. The quantitative estimate of drug-likeness (QED) is 0.397. The van der Waals surface area contributed by atoms with Crippen LogP contribution in [0.5, 0.6) is 0 Å². The summed E-state index contributed by atoms with van der Waals surface area (Å²) >= 11 is 0. The third-order valence-electron chi connectivity index (χ3n) is 4.75. The number of carbonyl (C=O) groups is 1. The van der Waals surface area contributed by atoms with Gasteiger partial charge in [0.25, 0.3) is 0 Å². The SMILES string of the molecule is [2H]C([2H])([2H])C1=C(C=CC(C)=CC=CC(C)=CC(=O)N(C)C(C)C)C(C)(C)CCC1([2H])[2H]. The summed E-state index contributed by atoms with van der Waals surface area (Å²) in [7, 11) is 1.77. The smallest absolute Gasteiger partial charge is 0.246 e. The maximum Gasteiger partial charge on any atom is 0.246 e. The predicted molar refractivity (Wildman–Crippen MR) is 114 cm³/mol. The van der Waals surface area contributed by atoms with Crippen molar-refractivity contribution in [2.24, 2.45) is 5.41 Å². The van der Waals surface area contributed by atoms with Gasteiger partial charge < -0.3 is 4.90 Å². The number of hydrogen-bond donors (Lipinski definition) is 0. The lowest BCUT2D eigenvalue weighted by Gasteiger charge is -2.32. The van der Waals surface area contributed by atoms with Crippen LogP contribution in [-0.4, -0.2) is 23.9 Å². The minimum absolute atomic E-state index is 0.0457. The van der Waals surface area contributed by atoms with Crippen LogP contribution in [0.2, 0.25) is 0 Å². The molecule has 0 saturated carbocycles. The molecule has 0 spiro atoms. The zero-order valence-corrected chi connectivity index (χ0v) is 17.3. The molecule has 1 amide bonds. The molecule has 1 aliphatic carbocycles. The van der Waals surface area contributed by atoms with E-state index in [2.05, 4.69) is 0 Å². The van der Waals surface area contributed by atoms with Gasteiger partial charge in [-0.25, -0.2) is 0 Å². The third-order valence-corrected chi connectivity index (χ3v) is 4.75. The molecule has 0 aromatic heterocycles. The van der Waals surface area contributed by atoms with Gasteiger partial charge in [0.2, 0.25) is 5.91 Å². The first-order valence-electron chi connectivity index (χ1n) is 11.7. The van der Waals surface area contributed by atoms with Crippen LogP contribution in [0.3, 0.4) is 0 Å². The highest BCUT2D eigenvalue weighted by Gasteiger charge is 2.26. The summed E-state index contributed by atoms with van der Waals surface area (Å²) in [5, 5.41) is 0. The average molecular weight is 361 g/mol. The highest BCUT2D eigenvalue weighted by atomic mass is 16.2. The van der Waals surface area contributed by atoms with Crippen molar-refractivity contribution >= 4 is 5.91 Å². The van der Waals surface area contributed by atoms with E-state index in [1.807, 2.05) is 65.8 Å². The monoisotopic (exact) mass is 360 g/mol. The Balaban J connectivity index is 3.13. The number of nitrogens with zero attached hydrogens (tertiary/aromatic N) is 1. The fraction of sp³-hybridized carbons (Fsp3) is 0.542. The lowest BCUT2D eigenvalue weighted by molar-refractivity contribution is -0.126. The predicted octanol–water partition coefficient (Wildman–Crippen LogP) is 6.38. The first-order chi connectivity index (χ1) is 14.0. The molecule has 1 rings (SSSR count). The molecule has 1 aliphatic rings. The largest absolute Gasteiger partial charge is 0.340 e. The van der Waals surface area contributed by atoms with E-state index in [-0.39, 0.29) is 23.9 Å². The zero-order valence-electron chi connectivity index (χ0n) is 22.3. The molecule has 0 aromatic carbocycles. The van der Waals surface area contributed by atoms with Gasteiger partial charge in [-0.15, -0.1) is 0 Å². The van der Waals surface area contributed by atoms with Crippen molar-refractivity contribution in [2.45, 2.75) is 73.7 Å². The van der Waals surface area contributed by atoms with Crippen LogP contribution >= 0.6 is 0 Å². The van der Waals surface area contributed by atoms with Crippen LogP contribution in [0.1, 0.15) is 74.5 Å². The molecule has 0 aliphatic heterocycles. The first-order valence-corrected chi connectivity index (χ1v) is 9.23. The van der Waals surface area contributed by atoms with Crippen molar-refractivity contribution in [3.63, 3.8) is 0 Å². The fourth-order valence-corrected chi connectivity index (χ4v) is 2.60. The molecule has 2 heteroatoms. The molecule has 0 atom stereocenters. The summed E-state index contributed by atoms with van der Waals surface area (Å²) in [6.07, 6.45) is 9.70. The molecule has 0 heterocycles. The topological polar surface area (TPSA) is 20.3 Å². The number of rotatable bonds is 6. The molecule has 0 unspecified atom stereocenters. The molecule has 0 fully saturated rings. The Hall–Kier alpha value is -1.83. The molecule has 0 bridgehead atoms. The summed E-state index contributed by atoms with van der Waals surface area (Å²) in [6.45, 7) is 9.14. The molecule has 26 heavy (non-hydrogen) atoms. The van der Waals surface area contributed by atoms with Crippen LogP contribution < -0.4 is 0 Å². The van der Waals surface area contributed by atoms with E-state index in [1.165, 1.54) is 0 Å². The Kier molecular flexibility index (Phi) is 5.72. The van der Waals surface area contributed by atoms with E-state index in [4.69, 9.17) is 6.85 Å². The average Bonchev–Trinajstić information content (AvgIpc) is 2.60. The molecular weight excluding hydrogens is 318 g/mol. The van der Waals surface area contributed by atoms with Crippen molar-refractivity contribution in [2.75, 3.05) is 7.05 Å². The van der Waals surface area contributed by atoms with Crippen molar-refractivity contribution < 1.29 is 11.6 Å². The molecular formula is C24H37NO. The summed E-state index contributed by atoms with van der Waals surface area (Å²) in [4.78, 5) is 13.8. The van der Waals surface area contributed by atoms with Gasteiger partial charge in [-0.1, -0.05) is 55.4 Å². The van der Waals surface area contributed by atoms with Gasteiger partial charge in [0.15, 0.2) is 0 Å². The zero-order chi connectivity index (χ0) is 24.2. The van der Waals surface area contributed by atoms with E-state index < -0.39 is 18.6 Å². The minimum atomic E-state index is -2.48. The van der Waals surface area contributed by atoms with Crippen molar-refractivity contribution in [1.29, 1.82) is 0 Å². The number of likely N-dealkylation sites (N-methyl/N-ethyl adjacent to an activating group) is 1. The van der Waals surface area contributed by atoms with Crippen molar-refractivity contribution in [3.05, 3.63) is 58.7 Å². The number of carbonyl (C=O) groups excluding carboxylic acids is 1. The second kappa shape index (κ2) is 9.75. The Labute approximate surface area is 168 Å². The Bertz CT molecular complexity index is 823. The molecule has 0 radical (unpaired) electrons. The van der Waals surface area contributed by atoms with Gasteiger partial charge in [0.05, 0.1) is 0 Å². The van der Waals surface area contributed by atoms with Crippen LogP contribution in [-0.2, 0) is 4.79 Å². The van der Waals surface area contributed by atoms with E-state index in [0.717, 1.165) is 11.1 Å². The number of amides is 1. The van der Waals surface area contributed by atoms with Crippen LogP contribution in [0, 0.1) is 5.41 Å². The third kappa shape index (κ3) is 6.82. The number of allylic oxidation sites excluding steroid dienone is 9. The normalized spacial score (nSPS) is 24.4. The summed E-state index contributed by atoms with van der Waals surface area (Å²) < 4.78 is 40.2. The van der Waals surface area contributed by atoms with Crippen molar-refractivity contribution in [1.82, 2.24) is 4.90 Å². The van der Waals surface area contributed by atoms with Crippen LogP contribution in [0.4, 0.5) is 0 Å². The van der Waals surface area contributed by atoms with Gasteiger partial charge in [-0.3, -0.25) is 4.79 Å². The van der Waals surface area contributed by atoms with Gasteiger partial charge in [0.1, 0.15) is 0 Å². The van der Waals surface area contributed by atoms with E-state index in [0.29, 0.717) is 12.0 Å². The Morgan fingerprint density at radius 1 is 1.27 bits per heavy atom. The maximum absolute atomic E-state index is 12.1. The molecule has 0 N–H and O–H groups in total. The second-order valence-electron chi connectivity index (χ2n) is 7.88. The van der Waals surface area contributed by atoms with Gasteiger partial charge >= 0.3 is 0 Å². The number of hydrogen-bond acceptors (Lipinski definition) is 1. The Morgan fingerprint density at radius 2 is 1.96 bits per heavy atom. The molecule has 2 nitrogen and oxygen atoms in total. The summed E-state index contributed by atoms with van der Waals surface area (Å²) in [5.74, 6) is -0.0457. The standard InChI is InChI=1S/C24H37NO/c1-18(2)25(8)23(26)17-20(4)12-9-11-19(3)14-15-22-21(5)13-10-16-24(22,6)7/h9,11-12,14-15,17-18H,10,13,16H2,1-8H3/i5D3,13D2.